The van der Waals surface area contributed by atoms with E-state index in [0.717, 1.165) is 15.9 Å². The molecule has 0 saturated heterocycles. The van der Waals surface area contributed by atoms with Crippen LogP contribution in [0, 0.1) is 0 Å². The van der Waals surface area contributed by atoms with Crippen molar-refractivity contribution in [3.05, 3.63) is 52.5 Å². The standard InChI is InChI=1S/C16H16BrNO2/c1-11(19)12-7-8-16(15(17)9-12)20-14-6-4-5-13(10-14)18(2)3/h4-10H,1-3H3. The number of nitrogens with zero attached hydrogens (tertiary/aromatic N) is 1. The molecule has 2 rings (SSSR count). The van der Waals surface area contributed by atoms with E-state index < -0.39 is 0 Å². The highest BCUT2D eigenvalue weighted by Gasteiger charge is 2.07. The molecular formula is C16H16BrNO2. The molecule has 3 nitrogen and oxygen atoms in total. The molecule has 0 aliphatic carbocycles. The van der Waals surface area contributed by atoms with E-state index in [9.17, 15) is 4.79 Å². The Morgan fingerprint density at radius 3 is 2.50 bits per heavy atom. The van der Waals surface area contributed by atoms with E-state index in [-0.39, 0.29) is 5.78 Å². The Morgan fingerprint density at radius 2 is 1.90 bits per heavy atom. The van der Waals surface area contributed by atoms with Crippen molar-refractivity contribution >= 4 is 27.4 Å². The van der Waals surface area contributed by atoms with Gasteiger partial charge in [-0.05, 0) is 53.2 Å². The van der Waals surface area contributed by atoms with Crippen molar-refractivity contribution in [3.63, 3.8) is 0 Å². The van der Waals surface area contributed by atoms with Gasteiger partial charge in [0.2, 0.25) is 0 Å². The molecule has 2 aromatic rings. The van der Waals surface area contributed by atoms with Crippen molar-refractivity contribution in [3.8, 4) is 11.5 Å². The zero-order chi connectivity index (χ0) is 14.7. The summed E-state index contributed by atoms with van der Waals surface area (Å²) >= 11 is 3.43. The second-order valence-electron chi connectivity index (χ2n) is 4.70. The Labute approximate surface area is 127 Å². The molecule has 0 bridgehead atoms. The van der Waals surface area contributed by atoms with Gasteiger partial charge in [0, 0.05) is 31.4 Å². The fourth-order valence-corrected chi connectivity index (χ4v) is 2.21. The Kier molecular flexibility index (Phi) is 4.45. The lowest BCUT2D eigenvalue weighted by atomic mass is 10.1. The summed E-state index contributed by atoms with van der Waals surface area (Å²) in [5.74, 6) is 1.48. The second-order valence-corrected chi connectivity index (χ2v) is 5.55. The van der Waals surface area contributed by atoms with Crippen LogP contribution in [0.3, 0.4) is 0 Å². The minimum absolute atomic E-state index is 0.0341. The van der Waals surface area contributed by atoms with Crippen LogP contribution in [0.25, 0.3) is 0 Å². The highest BCUT2D eigenvalue weighted by Crippen LogP contribution is 2.31. The van der Waals surface area contributed by atoms with Gasteiger partial charge in [0.25, 0.3) is 0 Å². The lowest BCUT2D eigenvalue weighted by molar-refractivity contribution is 0.101. The molecule has 0 spiro atoms. The molecular weight excluding hydrogens is 318 g/mol. The van der Waals surface area contributed by atoms with Crippen molar-refractivity contribution < 1.29 is 9.53 Å². The zero-order valence-electron chi connectivity index (χ0n) is 11.7. The van der Waals surface area contributed by atoms with Crippen LogP contribution in [0.15, 0.2) is 46.9 Å². The summed E-state index contributed by atoms with van der Waals surface area (Å²) < 4.78 is 6.61. The number of halogens is 1. The van der Waals surface area contributed by atoms with E-state index in [1.165, 1.54) is 0 Å². The van der Waals surface area contributed by atoms with Crippen molar-refractivity contribution in [1.82, 2.24) is 0 Å². The first kappa shape index (κ1) is 14.6. The van der Waals surface area contributed by atoms with E-state index in [4.69, 9.17) is 4.74 Å². The molecule has 4 heteroatoms. The number of benzene rings is 2. The summed E-state index contributed by atoms with van der Waals surface area (Å²) in [7, 11) is 3.97. The van der Waals surface area contributed by atoms with Gasteiger partial charge in [0.1, 0.15) is 11.5 Å². The third-order valence-electron chi connectivity index (χ3n) is 2.90. The second kappa shape index (κ2) is 6.09. The fraction of sp³-hybridized carbons (Fsp3) is 0.188. The normalized spacial score (nSPS) is 10.2. The van der Waals surface area contributed by atoms with Gasteiger partial charge >= 0.3 is 0 Å². The monoisotopic (exact) mass is 333 g/mol. The molecule has 104 valence electrons. The van der Waals surface area contributed by atoms with E-state index in [1.807, 2.05) is 43.3 Å². The van der Waals surface area contributed by atoms with Crippen LogP contribution >= 0.6 is 15.9 Å². The summed E-state index contributed by atoms with van der Waals surface area (Å²) in [5.41, 5.74) is 1.73. The van der Waals surface area contributed by atoms with Crippen LogP contribution in [0.4, 0.5) is 5.69 Å². The van der Waals surface area contributed by atoms with Crippen molar-refractivity contribution in [1.29, 1.82) is 0 Å². The van der Waals surface area contributed by atoms with Crippen molar-refractivity contribution in [2.75, 3.05) is 19.0 Å². The zero-order valence-corrected chi connectivity index (χ0v) is 13.3. The van der Waals surface area contributed by atoms with Gasteiger partial charge in [-0.3, -0.25) is 4.79 Å². The average molecular weight is 334 g/mol. The molecule has 0 aliphatic heterocycles. The van der Waals surface area contributed by atoms with Crippen molar-refractivity contribution in [2.24, 2.45) is 0 Å². The number of carbonyl (C=O) groups is 1. The molecule has 0 atom stereocenters. The summed E-state index contributed by atoms with van der Waals surface area (Å²) in [6.45, 7) is 1.54. The van der Waals surface area contributed by atoms with Crippen molar-refractivity contribution in [2.45, 2.75) is 6.92 Å². The predicted molar refractivity (Wildman–Crippen MR) is 85.0 cm³/mol. The Bertz CT molecular complexity index is 638. The van der Waals surface area contributed by atoms with E-state index in [1.54, 1.807) is 25.1 Å². The molecule has 0 saturated carbocycles. The van der Waals surface area contributed by atoms with Crippen LogP contribution in [0.1, 0.15) is 17.3 Å². The summed E-state index contributed by atoms with van der Waals surface area (Å²) in [4.78, 5) is 13.3. The smallest absolute Gasteiger partial charge is 0.159 e. The maximum absolute atomic E-state index is 11.3. The van der Waals surface area contributed by atoms with Gasteiger partial charge < -0.3 is 9.64 Å². The number of rotatable bonds is 4. The van der Waals surface area contributed by atoms with Gasteiger partial charge in [-0.1, -0.05) is 6.07 Å². The SMILES string of the molecule is CC(=O)c1ccc(Oc2cccc(N(C)C)c2)c(Br)c1. The largest absolute Gasteiger partial charge is 0.456 e. The van der Waals surface area contributed by atoms with Crippen LogP contribution in [-0.4, -0.2) is 19.9 Å². The summed E-state index contributed by atoms with van der Waals surface area (Å²) in [6, 6.07) is 13.2. The predicted octanol–water partition coefficient (Wildman–Crippen LogP) is 4.51. The minimum Gasteiger partial charge on any atom is -0.456 e. The number of ether oxygens (including phenoxy) is 1. The number of hydrogen-bond donors (Lipinski definition) is 0. The first-order chi connectivity index (χ1) is 9.47. The highest BCUT2D eigenvalue weighted by molar-refractivity contribution is 9.10. The highest BCUT2D eigenvalue weighted by atomic mass is 79.9. The average Bonchev–Trinajstić information content (AvgIpc) is 2.41. The summed E-state index contributed by atoms with van der Waals surface area (Å²) in [5, 5.41) is 0. The molecule has 0 unspecified atom stereocenters. The van der Waals surface area contributed by atoms with E-state index >= 15 is 0 Å². The third-order valence-corrected chi connectivity index (χ3v) is 3.52. The number of anilines is 1. The van der Waals surface area contributed by atoms with Gasteiger partial charge in [0.05, 0.1) is 4.47 Å². The molecule has 0 aliphatic rings. The quantitative estimate of drug-likeness (QED) is 0.771. The van der Waals surface area contributed by atoms with Crippen LogP contribution in [0.5, 0.6) is 11.5 Å². The summed E-state index contributed by atoms with van der Waals surface area (Å²) in [6.07, 6.45) is 0. The maximum atomic E-state index is 11.3. The molecule has 0 N–H and O–H groups in total. The van der Waals surface area contributed by atoms with Crippen LogP contribution in [-0.2, 0) is 0 Å². The molecule has 0 aromatic heterocycles. The molecule has 0 amide bonds. The number of Topliss-reactive ketones (excluding diaryl/α,β-unsaturated/α-hetero) is 1. The van der Waals surface area contributed by atoms with Gasteiger partial charge in [-0.15, -0.1) is 0 Å². The molecule has 20 heavy (non-hydrogen) atoms. The van der Waals surface area contributed by atoms with E-state index in [0.29, 0.717) is 11.3 Å². The lowest BCUT2D eigenvalue weighted by Gasteiger charge is -2.14. The molecule has 0 heterocycles. The first-order valence-corrected chi connectivity index (χ1v) is 7.02. The Hall–Kier alpha value is -1.81. The number of ketones is 1. The lowest BCUT2D eigenvalue weighted by Crippen LogP contribution is -2.08. The van der Waals surface area contributed by atoms with Gasteiger partial charge in [-0.25, -0.2) is 0 Å². The van der Waals surface area contributed by atoms with Gasteiger partial charge in [0.15, 0.2) is 5.78 Å². The topological polar surface area (TPSA) is 29.5 Å². The maximum Gasteiger partial charge on any atom is 0.159 e. The third kappa shape index (κ3) is 3.39. The fourth-order valence-electron chi connectivity index (χ4n) is 1.75. The van der Waals surface area contributed by atoms with Crippen LogP contribution in [0.2, 0.25) is 0 Å². The minimum atomic E-state index is 0.0341. The molecule has 0 fully saturated rings. The van der Waals surface area contributed by atoms with Gasteiger partial charge in [-0.2, -0.15) is 0 Å². The Morgan fingerprint density at radius 1 is 1.15 bits per heavy atom. The molecule has 0 radical (unpaired) electrons. The van der Waals surface area contributed by atoms with Crippen LogP contribution < -0.4 is 9.64 Å². The first-order valence-electron chi connectivity index (χ1n) is 6.23. The van der Waals surface area contributed by atoms with E-state index in [2.05, 4.69) is 15.9 Å². The number of hydrogen-bond acceptors (Lipinski definition) is 3. The number of carbonyl (C=O) groups excluding carboxylic acids is 1. The molecule has 2 aromatic carbocycles. The Balaban J connectivity index is 2.26.